The van der Waals surface area contributed by atoms with Gasteiger partial charge in [0.1, 0.15) is 11.9 Å². The molecule has 6 heterocycles. The van der Waals surface area contributed by atoms with E-state index in [-0.39, 0.29) is 11.3 Å². The van der Waals surface area contributed by atoms with Gasteiger partial charge in [0.15, 0.2) is 0 Å². The van der Waals surface area contributed by atoms with E-state index >= 15 is 0 Å². The summed E-state index contributed by atoms with van der Waals surface area (Å²) >= 11 is 0. The molecule has 0 unspecified atom stereocenters. The van der Waals surface area contributed by atoms with Crippen LogP contribution in [0.15, 0.2) is 73.7 Å². The molecule has 1 amide bonds. The fraction of sp³-hybridized carbons (Fsp3) is 0.294. The monoisotopic (exact) mass is 757 g/mol. The van der Waals surface area contributed by atoms with E-state index in [0.717, 1.165) is 65.1 Å². The first-order valence-corrected chi connectivity index (χ1v) is 15.9. The number of hydrogen-bond acceptors (Lipinski definition) is 9. The fourth-order valence-corrected chi connectivity index (χ4v) is 5.72. The van der Waals surface area contributed by atoms with Crippen LogP contribution in [-0.4, -0.2) is 101 Å². The number of carboxylic acids is 2. The van der Waals surface area contributed by atoms with Crippen LogP contribution in [0.3, 0.4) is 0 Å². The van der Waals surface area contributed by atoms with E-state index in [4.69, 9.17) is 24.8 Å². The van der Waals surface area contributed by atoms with E-state index < -0.39 is 24.3 Å². The van der Waals surface area contributed by atoms with Crippen LogP contribution >= 0.6 is 0 Å². The summed E-state index contributed by atoms with van der Waals surface area (Å²) in [6, 6.07) is 12.3. The van der Waals surface area contributed by atoms with Crippen molar-refractivity contribution in [3.63, 3.8) is 0 Å². The van der Waals surface area contributed by atoms with E-state index in [1.165, 1.54) is 0 Å². The van der Waals surface area contributed by atoms with Crippen molar-refractivity contribution in [1.29, 1.82) is 5.26 Å². The van der Waals surface area contributed by atoms with Crippen molar-refractivity contribution in [2.24, 2.45) is 7.05 Å². The van der Waals surface area contributed by atoms with Gasteiger partial charge < -0.3 is 20.0 Å². The molecule has 20 heteroatoms. The summed E-state index contributed by atoms with van der Waals surface area (Å²) in [7, 11) is 1.88. The Morgan fingerprint density at radius 3 is 1.96 bits per heavy atom. The first-order chi connectivity index (χ1) is 25.4. The number of aliphatic carboxylic acids is 2. The summed E-state index contributed by atoms with van der Waals surface area (Å²) in [4.78, 5) is 44.5. The molecule has 0 spiro atoms. The predicted octanol–water partition coefficient (Wildman–Crippen LogP) is 4.71. The average molecular weight is 758 g/mol. The van der Waals surface area contributed by atoms with Gasteiger partial charge in [-0.05, 0) is 42.7 Å². The minimum atomic E-state index is -5.08. The van der Waals surface area contributed by atoms with Crippen LogP contribution in [0.25, 0.3) is 27.8 Å². The molecule has 0 radical (unpaired) electrons. The zero-order valence-electron chi connectivity index (χ0n) is 28.1. The van der Waals surface area contributed by atoms with Crippen LogP contribution in [0.2, 0.25) is 0 Å². The molecule has 1 saturated heterocycles. The van der Waals surface area contributed by atoms with Crippen molar-refractivity contribution < 1.29 is 50.9 Å². The van der Waals surface area contributed by atoms with Gasteiger partial charge in [-0.25, -0.2) is 19.1 Å². The van der Waals surface area contributed by atoms with Gasteiger partial charge in [0.2, 0.25) is 5.91 Å². The molecule has 1 aliphatic heterocycles. The third-order valence-corrected chi connectivity index (χ3v) is 8.58. The van der Waals surface area contributed by atoms with Crippen molar-refractivity contribution in [3.8, 4) is 28.3 Å². The molecular weight excluding hydrogens is 728 g/mol. The number of fused-ring (bicyclic) bond motifs is 1. The normalized spacial score (nSPS) is 14.9. The number of carbonyl (C=O) groups is 3. The Labute approximate surface area is 301 Å². The van der Waals surface area contributed by atoms with E-state index in [1.54, 1.807) is 21.6 Å². The molecule has 54 heavy (non-hydrogen) atoms. The highest BCUT2D eigenvalue weighted by molar-refractivity contribution is 5.91. The van der Waals surface area contributed by atoms with Gasteiger partial charge in [0.25, 0.3) is 0 Å². The van der Waals surface area contributed by atoms with Crippen LogP contribution in [-0.2, 0) is 26.8 Å². The van der Waals surface area contributed by atoms with Crippen LogP contribution in [0.4, 0.5) is 32.2 Å². The van der Waals surface area contributed by atoms with Crippen molar-refractivity contribution >= 4 is 29.2 Å². The third-order valence-electron chi connectivity index (χ3n) is 8.58. The molecule has 1 aliphatic carbocycles. The maximum atomic E-state index is 13.4. The Hall–Kier alpha value is -6.52. The van der Waals surface area contributed by atoms with E-state index in [9.17, 15) is 36.4 Å². The Bertz CT molecular complexity index is 2160. The SMILES string of the molecule is Cn1cc(-c2cc(-c3ccc(N4CCN(C(=O)C5(c6cccnc6)CC5)CC4)nc3)c3c(C#N)cnn3c2)cn1.O=C(O)C(F)(F)F.O=C(O)C(F)(F)F. The lowest BCUT2D eigenvalue weighted by molar-refractivity contribution is -0.193. The smallest absolute Gasteiger partial charge is 0.475 e. The molecule has 0 bridgehead atoms. The van der Waals surface area contributed by atoms with Crippen LogP contribution < -0.4 is 4.90 Å². The Morgan fingerprint density at radius 2 is 1.48 bits per heavy atom. The van der Waals surface area contributed by atoms with Crippen molar-refractivity contribution in [3.05, 3.63) is 84.8 Å². The van der Waals surface area contributed by atoms with Crippen LogP contribution in [0.5, 0.6) is 0 Å². The summed E-state index contributed by atoms with van der Waals surface area (Å²) in [5.74, 6) is -4.42. The number of hydrogen-bond donors (Lipinski definition) is 2. The van der Waals surface area contributed by atoms with Gasteiger partial charge in [0, 0.05) is 86.5 Å². The minimum Gasteiger partial charge on any atom is -0.475 e. The van der Waals surface area contributed by atoms with Gasteiger partial charge >= 0.3 is 24.3 Å². The number of nitriles is 1. The lowest BCUT2D eigenvalue weighted by atomic mass is 9.95. The van der Waals surface area contributed by atoms with E-state index in [1.807, 2.05) is 67.2 Å². The second-order valence-electron chi connectivity index (χ2n) is 12.1. The number of pyridine rings is 3. The standard InChI is InChI=1S/C30H27N9O.2C2HF3O2/c1-36-19-24(17-34-36)22-13-26(28-23(14-31)16-35-39(28)20-22)21-4-5-27(33-15-21)37-9-11-38(12-10-37)29(40)30(6-7-30)25-3-2-8-32-18-25;2*3-2(4,5)1(6)7/h2-5,8,13,15-20H,6-7,9-12H2,1H3;2*(H,6,7). The lowest BCUT2D eigenvalue weighted by Crippen LogP contribution is -2.51. The molecular formula is C34H29F6N9O5. The van der Waals surface area contributed by atoms with Gasteiger partial charge in [0.05, 0.1) is 28.9 Å². The molecule has 5 aromatic heterocycles. The van der Waals surface area contributed by atoms with E-state index in [2.05, 4.69) is 32.2 Å². The highest BCUT2D eigenvalue weighted by atomic mass is 19.4. The number of aryl methyl sites for hydroxylation is 1. The Kier molecular flexibility index (Phi) is 10.9. The van der Waals surface area contributed by atoms with Crippen molar-refractivity contribution in [1.82, 2.24) is 34.3 Å². The first kappa shape index (κ1) is 38.7. The minimum absolute atomic E-state index is 0.218. The number of anilines is 1. The number of carbonyl (C=O) groups excluding carboxylic acids is 1. The maximum absolute atomic E-state index is 13.4. The fourth-order valence-electron chi connectivity index (χ4n) is 5.72. The number of rotatable bonds is 5. The number of aromatic nitrogens is 6. The molecule has 7 rings (SSSR count). The molecule has 2 N–H and O–H groups in total. The molecule has 282 valence electrons. The molecule has 5 aromatic rings. The van der Waals surface area contributed by atoms with Gasteiger partial charge in [-0.15, -0.1) is 0 Å². The number of carboxylic acid groups (broad SMARTS) is 2. The second-order valence-corrected chi connectivity index (χ2v) is 12.1. The summed E-state index contributed by atoms with van der Waals surface area (Å²) in [6.45, 7) is 2.78. The van der Waals surface area contributed by atoms with Crippen molar-refractivity contribution in [2.45, 2.75) is 30.6 Å². The average Bonchev–Trinajstić information content (AvgIpc) is 3.67. The van der Waals surface area contributed by atoms with E-state index in [0.29, 0.717) is 18.7 Å². The Morgan fingerprint density at radius 1 is 0.833 bits per heavy atom. The maximum Gasteiger partial charge on any atom is 0.490 e. The topological polar surface area (TPSA) is 183 Å². The number of piperazine rings is 1. The summed E-state index contributed by atoms with van der Waals surface area (Å²) in [5.41, 5.74) is 5.60. The summed E-state index contributed by atoms with van der Waals surface area (Å²) < 4.78 is 67.0. The summed E-state index contributed by atoms with van der Waals surface area (Å²) in [6.07, 6.45) is 4.32. The predicted molar refractivity (Wildman–Crippen MR) is 177 cm³/mol. The van der Waals surface area contributed by atoms with Gasteiger partial charge in [-0.1, -0.05) is 6.07 Å². The van der Waals surface area contributed by atoms with Gasteiger partial charge in [-0.2, -0.15) is 41.8 Å². The van der Waals surface area contributed by atoms with Crippen LogP contribution in [0, 0.1) is 11.3 Å². The molecule has 0 aromatic carbocycles. The van der Waals surface area contributed by atoms with Gasteiger partial charge in [-0.3, -0.25) is 14.5 Å². The molecule has 0 atom stereocenters. The first-order valence-electron chi connectivity index (χ1n) is 15.9. The highest BCUT2D eigenvalue weighted by Crippen LogP contribution is 2.49. The zero-order chi connectivity index (χ0) is 39.4. The highest BCUT2D eigenvalue weighted by Gasteiger charge is 2.53. The number of alkyl halides is 6. The molecule has 2 fully saturated rings. The zero-order valence-corrected chi connectivity index (χ0v) is 28.1. The number of nitrogens with zero attached hydrogens (tertiary/aromatic N) is 9. The number of amides is 1. The largest absolute Gasteiger partial charge is 0.490 e. The quantitative estimate of drug-likeness (QED) is 0.237. The Balaban J connectivity index is 0.000000342. The number of halogens is 6. The lowest BCUT2D eigenvalue weighted by Gasteiger charge is -2.37. The van der Waals surface area contributed by atoms with Crippen LogP contribution in [0.1, 0.15) is 24.0 Å². The molecule has 14 nitrogen and oxygen atoms in total. The molecule has 2 aliphatic rings. The van der Waals surface area contributed by atoms with Crippen molar-refractivity contribution in [2.75, 3.05) is 31.1 Å². The molecule has 1 saturated carbocycles. The third kappa shape index (κ3) is 8.57. The summed E-state index contributed by atoms with van der Waals surface area (Å²) in [5, 5.41) is 32.7. The second kappa shape index (κ2) is 15.2.